The molecule has 0 saturated carbocycles. The number of rotatable bonds is 1. The van der Waals surface area contributed by atoms with E-state index < -0.39 is 0 Å². The van der Waals surface area contributed by atoms with Gasteiger partial charge in [-0.1, -0.05) is 6.08 Å². The normalized spacial score (nSPS) is 21.8. The minimum Gasteiger partial charge on any atom is -0.398 e. The number of nitrogens with zero attached hydrogens (tertiary/aromatic N) is 1. The fourth-order valence-electron chi connectivity index (χ4n) is 1.80. The Labute approximate surface area is 83.3 Å². The van der Waals surface area contributed by atoms with Gasteiger partial charge in [-0.25, -0.2) is 0 Å². The van der Waals surface area contributed by atoms with Crippen LogP contribution in [0, 0.1) is 0 Å². The molecule has 0 aromatic carbocycles. The zero-order valence-corrected chi connectivity index (χ0v) is 7.98. The van der Waals surface area contributed by atoms with Crippen molar-refractivity contribution >= 4 is 11.3 Å². The number of aliphatic hydroxyl groups is 1. The zero-order chi connectivity index (χ0) is 9.97. The third-order valence-electron chi connectivity index (χ3n) is 2.54. The van der Waals surface area contributed by atoms with Crippen LogP contribution in [0.2, 0.25) is 0 Å². The summed E-state index contributed by atoms with van der Waals surface area (Å²) in [5.74, 6) is 0. The highest BCUT2D eigenvalue weighted by Crippen LogP contribution is 2.29. The molecule has 74 valence electrons. The average molecular weight is 190 g/mol. The molecule has 3 heteroatoms. The van der Waals surface area contributed by atoms with Gasteiger partial charge in [0, 0.05) is 23.6 Å². The van der Waals surface area contributed by atoms with Gasteiger partial charge in [0.15, 0.2) is 0 Å². The first-order valence-electron chi connectivity index (χ1n) is 4.86. The molecule has 0 amide bonds. The van der Waals surface area contributed by atoms with Crippen LogP contribution in [-0.4, -0.2) is 16.2 Å². The summed E-state index contributed by atoms with van der Waals surface area (Å²) in [5.41, 5.74) is 8.65. The van der Waals surface area contributed by atoms with E-state index in [0.717, 1.165) is 36.1 Å². The van der Waals surface area contributed by atoms with Gasteiger partial charge in [0.05, 0.1) is 6.10 Å². The fourth-order valence-corrected chi connectivity index (χ4v) is 1.80. The van der Waals surface area contributed by atoms with Gasteiger partial charge in [-0.15, -0.1) is 0 Å². The van der Waals surface area contributed by atoms with Crippen LogP contribution in [0.1, 0.15) is 24.8 Å². The topological polar surface area (TPSA) is 59.1 Å². The number of nitrogen functional groups attached to an aromatic ring is 1. The highest BCUT2D eigenvalue weighted by molar-refractivity contribution is 5.74. The summed E-state index contributed by atoms with van der Waals surface area (Å²) >= 11 is 0. The van der Waals surface area contributed by atoms with Crippen molar-refractivity contribution in [1.82, 2.24) is 4.98 Å². The maximum Gasteiger partial charge on any atom is 0.0726 e. The Kier molecular flexibility index (Phi) is 2.50. The minimum absolute atomic E-state index is 0.321. The van der Waals surface area contributed by atoms with Crippen LogP contribution >= 0.6 is 0 Å². The van der Waals surface area contributed by atoms with Crippen molar-refractivity contribution in [2.75, 3.05) is 5.73 Å². The van der Waals surface area contributed by atoms with E-state index in [9.17, 15) is 5.11 Å². The van der Waals surface area contributed by atoms with Gasteiger partial charge in [0.25, 0.3) is 0 Å². The number of hydrogen-bond donors (Lipinski definition) is 2. The van der Waals surface area contributed by atoms with Gasteiger partial charge in [-0.3, -0.25) is 4.98 Å². The third-order valence-corrected chi connectivity index (χ3v) is 2.54. The van der Waals surface area contributed by atoms with E-state index in [0.29, 0.717) is 0 Å². The van der Waals surface area contributed by atoms with E-state index in [-0.39, 0.29) is 6.10 Å². The van der Waals surface area contributed by atoms with Crippen LogP contribution in [0.25, 0.3) is 5.57 Å². The first-order chi connectivity index (χ1) is 6.77. The van der Waals surface area contributed by atoms with Crippen molar-refractivity contribution < 1.29 is 5.11 Å². The number of aromatic nitrogens is 1. The molecule has 0 fully saturated rings. The number of pyridine rings is 1. The molecule has 3 nitrogen and oxygen atoms in total. The molecular weight excluding hydrogens is 176 g/mol. The molecule has 0 saturated heterocycles. The summed E-state index contributed by atoms with van der Waals surface area (Å²) in [5, 5.41) is 9.49. The Bertz CT molecular complexity index is 360. The average Bonchev–Trinajstić information content (AvgIpc) is 2.18. The van der Waals surface area contributed by atoms with Gasteiger partial charge in [0.1, 0.15) is 0 Å². The molecule has 0 bridgehead atoms. The van der Waals surface area contributed by atoms with Crippen LogP contribution in [0.3, 0.4) is 0 Å². The van der Waals surface area contributed by atoms with Gasteiger partial charge in [-0.2, -0.15) is 0 Å². The van der Waals surface area contributed by atoms with E-state index >= 15 is 0 Å². The Morgan fingerprint density at radius 3 is 3.07 bits per heavy atom. The predicted molar refractivity (Wildman–Crippen MR) is 56.5 cm³/mol. The third kappa shape index (κ3) is 1.77. The molecule has 1 unspecified atom stereocenters. The highest BCUT2D eigenvalue weighted by atomic mass is 16.3. The molecule has 0 spiro atoms. The second-order valence-electron chi connectivity index (χ2n) is 3.61. The summed E-state index contributed by atoms with van der Waals surface area (Å²) < 4.78 is 0. The lowest BCUT2D eigenvalue weighted by Crippen LogP contribution is -2.09. The Hall–Kier alpha value is -1.35. The van der Waals surface area contributed by atoms with Gasteiger partial charge in [-0.05, 0) is 30.9 Å². The van der Waals surface area contributed by atoms with Crippen LogP contribution < -0.4 is 5.73 Å². The molecule has 1 atom stereocenters. The van der Waals surface area contributed by atoms with Crippen molar-refractivity contribution in [2.45, 2.75) is 25.4 Å². The highest BCUT2D eigenvalue weighted by Gasteiger charge is 2.13. The van der Waals surface area contributed by atoms with Crippen LogP contribution in [-0.2, 0) is 0 Å². The molecule has 1 aromatic rings. The molecule has 1 aliphatic carbocycles. The smallest absolute Gasteiger partial charge is 0.0726 e. The van der Waals surface area contributed by atoms with Crippen LogP contribution in [0.5, 0.6) is 0 Å². The number of nitrogens with two attached hydrogens (primary N) is 1. The lowest BCUT2D eigenvalue weighted by atomic mass is 9.92. The number of hydrogen-bond acceptors (Lipinski definition) is 3. The Morgan fingerprint density at radius 2 is 2.36 bits per heavy atom. The summed E-state index contributed by atoms with van der Waals surface area (Å²) in [6.45, 7) is 0. The van der Waals surface area contributed by atoms with E-state index in [1.807, 2.05) is 6.08 Å². The maximum atomic E-state index is 9.49. The Balaban J connectivity index is 2.35. The number of allylic oxidation sites excluding steroid dienone is 1. The van der Waals surface area contributed by atoms with Crippen molar-refractivity contribution in [2.24, 2.45) is 0 Å². The van der Waals surface area contributed by atoms with E-state index in [2.05, 4.69) is 4.98 Å². The molecular formula is C11H14N2O. The minimum atomic E-state index is -0.321. The van der Waals surface area contributed by atoms with Crippen molar-refractivity contribution in [3.8, 4) is 0 Å². The summed E-state index contributed by atoms with van der Waals surface area (Å²) in [6, 6.07) is 1.79. The molecule has 0 radical (unpaired) electrons. The molecule has 1 aliphatic rings. The zero-order valence-electron chi connectivity index (χ0n) is 7.98. The van der Waals surface area contributed by atoms with Gasteiger partial charge >= 0.3 is 0 Å². The SMILES string of the molecule is Nc1ccncc1C1=CC(O)CCC1. The lowest BCUT2D eigenvalue weighted by molar-refractivity contribution is 0.206. The van der Waals surface area contributed by atoms with Crippen molar-refractivity contribution in [1.29, 1.82) is 0 Å². The quantitative estimate of drug-likeness (QED) is 0.707. The lowest BCUT2D eigenvalue weighted by Gasteiger charge is -2.17. The van der Waals surface area contributed by atoms with Crippen molar-refractivity contribution in [3.05, 3.63) is 30.1 Å². The largest absolute Gasteiger partial charge is 0.398 e. The standard InChI is InChI=1S/C11H14N2O/c12-11-4-5-13-7-10(11)8-2-1-3-9(14)6-8/h4-7,9,14H,1-3H2,(H2,12,13). The molecule has 14 heavy (non-hydrogen) atoms. The first-order valence-corrected chi connectivity index (χ1v) is 4.86. The summed E-state index contributed by atoms with van der Waals surface area (Å²) in [4.78, 5) is 4.04. The van der Waals surface area contributed by atoms with E-state index in [1.54, 1.807) is 18.5 Å². The molecule has 3 N–H and O–H groups in total. The monoisotopic (exact) mass is 190 g/mol. The first kappa shape index (κ1) is 9.21. The Morgan fingerprint density at radius 1 is 1.50 bits per heavy atom. The summed E-state index contributed by atoms with van der Waals surface area (Å²) in [7, 11) is 0. The van der Waals surface area contributed by atoms with Gasteiger partial charge in [0.2, 0.25) is 0 Å². The fraction of sp³-hybridized carbons (Fsp3) is 0.364. The molecule has 1 heterocycles. The molecule has 0 aliphatic heterocycles. The molecule has 2 rings (SSSR count). The summed E-state index contributed by atoms with van der Waals surface area (Å²) in [6.07, 6.45) is 7.85. The van der Waals surface area contributed by atoms with Crippen molar-refractivity contribution in [3.63, 3.8) is 0 Å². The van der Waals surface area contributed by atoms with Crippen LogP contribution in [0.15, 0.2) is 24.5 Å². The number of aliphatic hydroxyl groups excluding tert-OH is 1. The predicted octanol–water partition coefficient (Wildman–Crippen LogP) is 1.59. The second kappa shape index (κ2) is 3.80. The van der Waals surface area contributed by atoms with Crippen LogP contribution in [0.4, 0.5) is 5.69 Å². The van der Waals surface area contributed by atoms with E-state index in [1.165, 1.54) is 0 Å². The maximum absolute atomic E-state index is 9.49. The van der Waals surface area contributed by atoms with Gasteiger partial charge < -0.3 is 10.8 Å². The van der Waals surface area contributed by atoms with E-state index in [4.69, 9.17) is 5.73 Å². The second-order valence-corrected chi connectivity index (χ2v) is 3.61. The molecule has 1 aromatic heterocycles. The number of anilines is 1.